The van der Waals surface area contributed by atoms with E-state index < -0.39 is 0 Å². The summed E-state index contributed by atoms with van der Waals surface area (Å²) in [5.41, 5.74) is 1.70. The van der Waals surface area contributed by atoms with Crippen LogP contribution in [0.3, 0.4) is 0 Å². The van der Waals surface area contributed by atoms with Gasteiger partial charge in [-0.1, -0.05) is 34.5 Å². The number of thiocarbonyl (C=S) groups is 1. The Kier molecular flexibility index (Phi) is 6.15. The van der Waals surface area contributed by atoms with E-state index in [1.54, 1.807) is 30.3 Å². The van der Waals surface area contributed by atoms with Gasteiger partial charge in [0.15, 0.2) is 10.2 Å². The van der Waals surface area contributed by atoms with E-state index in [4.69, 9.17) is 39.8 Å². The lowest BCUT2D eigenvalue weighted by atomic mass is 10.2. The van der Waals surface area contributed by atoms with Crippen LogP contribution in [0, 0.1) is 0 Å². The molecule has 1 amide bonds. The summed E-state index contributed by atoms with van der Waals surface area (Å²) in [5.74, 6) is 0.831. The summed E-state index contributed by atoms with van der Waals surface area (Å²) in [4.78, 5) is 16.5. The summed E-state index contributed by atoms with van der Waals surface area (Å²) in [6.45, 7) is 0. The molecule has 150 valence electrons. The van der Waals surface area contributed by atoms with Gasteiger partial charge in [0.2, 0.25) is 5.91 Å². The summed E-state index contributed by atoms with van der Waals surface area (Å²) in [7, 11) is 0. The molecule has 0 bridgehead atoms. The lowest BCUT2D eigenvalue weighted by molar-refractivity contribution is -0.115. The zero-order valence-electron chi connectivity index (χ0n) is 15.2. The first kappa shape index (κ1) is 20.6. The van der Waals surface area contributed by atoms with Gasteiger partial charge in [-0.15, -0.1) is 0 Å². The monoisotopic (exact) mass is 473 g/mol. The summed E-state index contributed by atoms with van der Waals surface area (Å²) < 4.78 is 6.65. The number of benzene rings is 2. The Labute approximate surface area is 191 Å². The molecule has 9 heteroatoms. The number of furan rings is 1. The van der Waals surface area contributed by atoms with Gasteiger partial charge in [-0.05, 0) is 72.9 Å². The molecule has 0 atom stereocenters. The summed E-state index contributed by atoms with van der Waals surface area (Å²) in [5, 5.41) is 7.49. The second kappa shape index (κ2) is 8.97. The maximum atomic E-state index is 12.1. The predicted octanol–water partition coefficient (Wildman–Crippen LogP) is 6.39. The van der Waals surface area contributed by atoms with Crippen LogP contribution in [0.4, 0.5) is 5.13 Å². The van der Waals surface area contributed by atoms with E-state index in [0.717, 1.165) is 15.8 Å². The number of hydrogen-bond acceptors (Lipinski definition) is 5. The van der Waals surface area contributed by atoms with Crippen LogP contribution < -0.4 is 10.6 Å². The van der Waals surface area contributed by atoms with Crippen LogP contribution >= 0.6 is 46.8 Å². The van der Waals surface area contributed by atoms with Crippen molar-refractivity contribution >= 4 is 79.2 Å². The number of anilines is 1. The van der Waals surface area contributed by atoms with Crippen molar-refractivity contribution in [2.45, 2.75) is 0 Å². The van der Waals surface area contributed by atoms with Crippen LogP contribution in [0.25, 0.3) is 27.6 Å². The molecule has 2 aromatic heterocycles. The van der Waals surface area contributed by atoms with Crippen LogP contribution in [-0.2, 0) is 4.79 Å². The third-order valence-corrected chi connectivity index (χ3v) is 5.59. The number of carbonyl (C=O) groups excluding carboxylic acids is 1. The minimum atomic E-state index is -0.388. The average Bonchev–Trinajstić information content (AvgIpc) is 3.33. The Morgan fingerprint density at radius 3 is 2.63 bits per heavy atom. The Hall–Kier alpha value is -2.71. The van der Waals surface area contributed by atoms with Crippen molar-refractivity contribution in [1.82, 2.24) is 10.3 Å². The molecule has 0 saturated heterocycles. The Morgan fingerprint density at radius 1 is 1.07 bits per heavy atom. The van der Waals surface area contributed by atoms with E-state index in [2.05, 4.69) is 15.6 Å². The molecule has 30 heavy (non-hydrogen) atoms. The minimum absolute atomic E-state index is 0.149. The smallest absolute Gasteiger partial charge is 0.250 e. The fourth-order valence-electron chi connectivity index (χ4n) is 2.60. The first-order chi connectivity index (χ1) is 14.5. The van der Waals surface area contributed by atoms with Gasteiger partial charge in [0.05, 0.1) is 10.2 Å². The summed E-state index contributed by atoms with van der Waals surface area (Å²) in [6.07, 6.45) is 2.91. The van der Waals surface area contributed by atoms with Crippen molar-refractivity contribution in [2.24, 2.45) is 0 Å². The zero-order valence-corrected chi connectivity index (χ0v) is 18.3. The highest BCUT2D eigenvalue weighted by Crippen LogP contribution is 2.28. The SMILES string of the molecule is O=C(C=Cc1ccc(-c2ccc(Cl)cc2)o1)NC(=S)Nc1nc2ccc(Cl)cc2s1. The van der Waals surface area contributed by atoms with Crippen LogP contribution in [-0.4, -0.2) is 16.0 Å². The maximum absolute atomic E-state index is 12.1. The van der Waals surface area contributed by atoms with E-state index in [1.807, 2.05) is 30.3 Å². The molecule has 4 aromatic rings. The summed E-state index contributed by atoms with van der Waals surface area (Å²) >= 11 is 18.5. The molecule has 2 heterocycles. The van der Waals surface area contributed by atoms with Crippen molar-refractivity contribution in [3.8, 4) is 11.3 Å². The van der Waals surface area contributed by atoms with Gasteiger partial charge < -0.3 is 9.73 Å². The quantitative estimate of drug-likeness (QED) is 0.265. The standard InChI is InChI=1S/C21H13Cl2N3O2S2/c22-13-3-1-12(2-4-13)17-9-6-15(28-17)7-10-19(27)25-20(29)26-21-24-16-8-5-14(23)11-18(16)30-21/h1-11H,(H2,24,25,26,27,29). The van der Waals surface area contributed by atoms with E-state index in [-0.39, 0.29) is 11.0 Å². The lowest BCUT2D eigenvalue weighted by Crippen LogP contribution is -2.32. The topological polar surface area (TPSA) is 67.2 Å². The van der Waals surface area contributed by atoms with Crippen molar-refractivity contribution in [2.75, 3.05) is 5.32 Å². The van der Waals surface area contributed by atoms with Crippen molar-refractivity contribution < 1.29 is 9.21 Å². The predicted molar refractivity (Wildman–Crippen MR) is 127 cm³/mol. The third-order valence-electron chi connectivity index (χ3n) is 3.96. The number of nitrogens with one attached hydrogen (secondary N) is 2. The molecule has 0 unspecified atom stereocenters. The second-order valence-electron chi connectivity index (χ2n) is 6.12. The number of aromatic nitrogens is 1. The van der Waals surface area contributed by atoms with E-state index >= 15 is 0 Å². The van der Waals surface area contributed by atoms with Crippen LogP contribution in [0.1, 0.15) is 5.76 Å². The van der Waals surface area contributed by atoms with Crippen molar-refractivity contribution in [1.29, 1.82) is 0 Å². The third kappa shape index (κ3) is 5.06. The van der Waals surface area contributed by atoms with Gasteiger partial charge in [-0.3, -0.25) is 10.1 Å². The van der Waals surface area contributed by atoms with Gasteiger partial charge in [0.25, 0.3) is 0 Å². The molecule has 0 radical (unpaired) electrons. The molecule has 2 aromatic carbocycles. The average molecular weight is 474 g/mol. The van der Waals surface area contributed by atoms with E-state index in [0.29, 0.717) is 26.7 Å². The van der Waals surface area contributed by atoms with E-state index in [9.17, 15) is 4.79 Å². The van der Waals surface area contributed by atoms with Crippen LogP contribution in [0.2, 0.25) is 10.0 Å². The molecule has 0 aliphatic rings. The Balaban J connectivity index is 1.35. The molecule has 0 fully saturated rings. The number of nitrogens with zero attached hydrogens (tertiary/aromatic N) is 1. The minimum Gasteiger partial charge on any atom is -0.457 e. The van der Waals surface area contributed by atoms with E-state index in [1.165, 1.54) is 17.4 Å². The number of rotatable bonds is 4. The van der Waals surface area contributed by atoms with Gasteiger partial charge in [0.1, 0.15) is 11.5 Å². The highest BCUT2D eigenvalue weighted by atomic mass is 35.5. The first-order valence-corrected chi connectivity index (χ1v) is 10.7. The lowest BCUT2D eigenvalue weighted by Gasteiger charge is -2.04. The van der Waals surface area contributed by atoms with Crippen LogP contribution in [0.15, 0.2) is 65.1 Å². The molecule has 0 aliphatic heterocycles. The second-order valence-corrected chi connectivity index (χ2v) is 8.43. The van der Waals surface area contributed by atoms with Gasteiger partial charge in [-0.25, -0.2) is 4.98 Å². The molecule has 0 spiro atoms. The molecular formula is C21H13Cl2N3O2S2. The molecular weight excluding hydrogens is 461 g/mol. The number of fused-ring (bicyclic) bond motifs is 1. The fourth-order valence-corrected chi connectivity index (χ4v) is 4.14. The molecule has 4 rings (SSSR count). The highest BCUT2D eigenvalue weighted by Gasteiger charge is 2.08. The number of halogens is 2. The highest BCUT2D eigenvalue weighted by molar-refractivity contribution is 7.80. The van der Waals surface area contributed by atoms with Gasteiger partial charge >= 0.3 is 0 Å². The van der Waals surface area contributed by atoms with Crippen LogP contribution in [0.5, 0.6) is 0 Å². The molecule has 2 N–H and O–H groups in total. The largest absolute Gasteiger partial charge is 0.457 e. The Morgan fingerprint density at radius 2 is 1.83 bits per heavy atom. The summed E-state index contributed by atoms with van der Waals surface area (Å²) in [6, 6.07) is 16.3. The number of thiazole rings is 1. The fraction of sp³-hybridized carbons (Fsp3) is 0. The maximum Gasteiger partial charge on any atom is 0.250 e. The zero-order chi connectivity index (χ0) is 21.1. The number of amides is 1. The number of carbonyl (C=O) groups is 1. The van der Waals surface area contributed by atoms with Gasteiger partial charge in [0, 0.05) is 21.7 Å². The molecule has 5 nitrogen and oxygen atoms in total. The first-order valence-electron chi connectivity index (χ1n) is 8.68. The Bertz CT molecular complexity index is 1260. The normalized spacial score (nSPS) is 11.1. The van der Waals surface area contributed by atoms with Crippen molar-refractivity contribution in [3.05, 3.63) is 76.5 Å². The molecule has 0 saturated carbocycles. The van der Waals surface area contributed by atoms with Gasteiger partial charge in [-0.2, -0.15) is 0 Å². The number of hydrogen-bond donors (Lipinski definition) is 2. The molecule has 0 aliphatic carbocycles. The van der Waals surface area contributed by atoms with Crippen molar-refractivity contribution in [3.63, 3.8) is 0 Å².